The number of aryl methyl sites for hydroxylation is 1. The van der Waals surface area contributed by atoms with Crippen LogP contribution in [0, 0.1) is 32.1 Å². The number of nitroso groups, excluding NO2 is 1. The van der Waals surface area contributed by atoms with Crippen LogP contribution in [-0.2, 0) is 4.79 Å². The van der Waals surface area contributed by atoms with Crippen molar-refractivity contribution < 1.29 is 24.5 Å². The number of nitro benzene ring substituents is 1. The summed E-state index contributed by atoms with van der Waals surface area (Å²) in [6, 6.07) is 1.00. The number of Topliss-reactive ketones (excluding diaryl/α,β-unsaturated/α-hetero) is 2. The van der Waals surface area contributed by atoms with Crippen molar-refractivity contribution in [1.82, 2.24) is 0 Å². The average molecular weight is 359 g/mol. The van der Waals surface area contributed by atoms with Gasteiger partial charge in [-0.25, -0.2) is 0 Å². The Hall–Kier alpha value is -3.76. The molecule has 26 heavy (non-hydrogen) atoms. The summed E-state index contributed by atoms with van der Waals surface area (Å²) in [5.41, 5.74) is -4.32. The first-order chi connectivity index (χ1) is 12.2. The summed E-state index contributed by atoms with van der Waals surface area (Å²) in [6.45, 7) is 1.36. The number of nitro groups is 2. The lowest BCUT2D eigenvalue weighted by molar-refractivity contribution is -0.428. The number of carbonyl (C=O) groups excluding carboxylic acids is 2. The monoisotopic (exact) mass is 359 g/mol. The third-order valence-corrected chi connectivity index (χ3v) is 4.31. The molecule has 0 unspecified atom stereocenters. The van der Waals surface area contributed by atoms with Crippen LogP contribution in [0.25, 0.3) is 5.76 Å². The van der Waals surface area contributed by atoms with E-state index < -0.39 is 61.0 Å². The van der Waals surface area contributed by atoms with E-state index in [1.54, 1.807) is 0 Å². The summed E-state index contributed by atoms with van der Waals surface area (Å²) in [6.07, 6.45) is -0.631. The third-order valence-electron chi connectivity index (χ3n) is 4.31. The summed E-state index contributed by atoms with van der Waals surface area (Å²) in [5.74, 6) is -2.59. The molecule has 0 bridgehead atoms. The summed E-state index contributed by atoms with van der Waals surface area (Å²) >= 11 is 0. The number of allylic oxidation sites excluding steroid dienone is 3. The first-order valence-corrected chi connectivity index (χ1v) is 7.25. The molecule has 11 nitrogen and oxygen atoms in total. The average Bonchev–Trinajstić information content (AvgIpc) is 2.57. The van der Waals surface area contributed by atoms with Gasteiger partial charge in [-0.2, -0.15) is 0 Å². The van der Waals surface area contributed by atoms with Crippen LogP contribution >= 0.6 is 0 Å². The highest BCUT2D eigenvalue weighted by Gasteiger charge is 2.46. The van der Waals surface area contributed by atoms with E-state index in [0.717, 1.165) is 6.07 Å². The zero-order valence-corrected chi connectivity index (χ0v) is 13.1. The summed E-state index contributed by atoms with van der Waals surface area (Å²) in [7, 11) is 0. The lowest BCUT2D eigenvalue weighted by atomic mass is 9.76. The van der Waals surface area contributed by atoms with Crippen LogP contribution in [-0.4, -0.2) is 26.5 Å². The molecular weight excluding hydrogens is 350 g/mol. The molecule has 3 rings (SSSR count). The van der Waals surface area contributed by atoms with E-state index in [2.05, 4.69) is 5.18 Å². The molecule has 0 fully saturated rings. The quantitative estimate of drug-likeness (QED) is 0.487. The molecule has 1 N–H and O–H groups in total. The molecule has 1 aromatic rings. The lowest BCUT2D eigenvalue weighted by Gasteiger charge is -2.24. The van der Waals surface area contributed by atoms with Crippen molar-refractivity contribution in [3.05, 3.63) is 64.7 Å². The van der Waals surface area contributed by atoms with Crippen LogP contribution in [0.5, 0.6) is 0 Å². The van der Waals surface area contributed by atoms with Gasteiger partial charge in [-0.15, -0.1) is 4.91 Å². The van der Waals surface area contributed by atoms with Crippen molar-refractivity contribution >= 4 is 28.7 Å². The van der Waals surface area contributed by atoms with Gasteiger partial charge in [0.2, 0.25) is 5.78 Å². The van der Waals surface area contributed by atoms with Crippen molar-refractivity contribution in [1.29, 1.82) is 0 Å². The second-order valence-corrected chi connectivity index (χ2v) is 5.71. The van der Waals surface area contributed by atoms with Crippen LogP contribution in [0.1, 0.15) is 34.3 Å². The zero-order valence-electron chi connectivity index (χ0n) is 13.1. The smallest absolute Gasteiger partial charge is 0.310 e. The molecule has 0 amide bonds. The number of rotatable bonds is 3. The Bertz CT molecular complexity index is 1020. The molecule has 2 aliphatic rings. The lowest BCUT2D eigenvalue weighted by Crippen LogP contribution is -2.28. The number of fused-ring (bicyclic) bond motifs is 2. The van der Waals surface area contributed by atoms with Crippen molar-refractivity contribution in [3.8, 4) is 0 Å². The van der Waals surface area contributed by atoms with Crippen molar-refractivity contribution in [2.75, 3.05) is 0 Å². The van der Waals surface area contributed by atoms with E-state index in [1.165, 1.54) is 6.92 Å². The predicted octanol–water partition coefficient (Wildman–Crippen LogP) is 2.66. The number of hydrogen-bond acceptors (Lipinski definition) is 9. The van der Waals surface area contributed by atoms with E-state index in [0.29, 0.717) is 0 Å². The number of hydrogen-bond donors (Lipinski definition) is 1. The minimum Gasteiger partial charge on any atom is -0.506 e. The van der Waals surface area contributed by atoms with Crippen LogP contribution in [0.15, 0.2) is 28.1 Å². The molecule has 0 spiro atoms. The first kappa shape index (κ1) is 17.1. The van der Waals surface area contributed by atoms with Gasteiger partial charge in [0.25, 0.3) is 5.70 Å². The first-order valence-electron chi connectivity index (χ1n) is 7.25. The van der Waals surface area contributed by atoms with Crippen LogP contribution in [0.3, 0.4) is 0 Å². The maximum atomic E-state index is 12.9. The third kappa shape index (κ3) is 2.13. The molecule has 1 aromatic carbocycles. The standard InChI is InChI=1S/C15H9N3O8/c1-5-4-6(16-22)13(18(25)26)12-9(5)14(20)11-8(19)3-2-7(17(23)24)10(11)15(12)21/h4,20H,2-3H2,1H3. The Kier molecular flexibility index (Phi) is 3.71. The fourth-order valence-electron chi connectivity index (χ4n) is 3.26. The number of nitrogens with zero attached hydrogens (tertiary/aromatic N) is 3. The fraction of sp³-hybridized carbons (Fsp3) is 0.200. The maximum Gasteiger partial charge on any atom is 0.310 e. The van der Waals surface area contributed by atoms with Gasteiger partial charge in [-0.1, -0.05) is 0 Å². The number of carbonyl (C=O) groups is 2. The molecule has 0 saturated heterocycles. The largest absolute Gasteiger partial charge is 0.506 e. The number of aliphatic hydroxyl groups excluding tert-OH is 1. The second-order valence-electron chi connectivity index (χ2n) is 5.71. The van der Waals surface area contributed by atoms with E-state index in [1.807, 2.05) is 0 Å². The number of aliphatic hydroxyl groups is 1. The van der Waals surface area contributed by atoms with Gasteiger partial charge in [0.1, 0.15) is 16.9 Å². The van der Waals surface area contributed by atoms with Gasteiger partial charge in [0.05, 0.1) is 15.4 Å². The van der Waals surface area contributed by atoms with Crippen LogP contribution in [0.4, 0.5) is 11.4 Å². The van der Waals surface area contributed by atoms with Crippen LogP contribution in [0.2, 0.25) is 0 Å². The van der Waals surface area contributed by atoms with Crippen LogP contribution < -0.4 is 0 Å². The minimum absolute atomic E-state index is 0.0960. The van der Waals surface area contributed by atoms with E-state index in [-0.39, 0.29) is 24.0 Å². The van der Waals surface area contributed by atoms with Crippen molar-refractivity contribution in [2.24, 2.45) is 5.18 Å². The van der Waals surface area contributed by atoms with Gasteiger partial charge < -0.3 is 5.11 Å². The second kappa shape index (κ2) is 5.65. The Morgan fingerprint density at radius 1 is 1.08 bits per heavy atom. The molecule has 0 atom stereocenters. The van der Waals surface area contributed by atoms with Gasteiger partial charge >= 0.3 is 5.69 Å². The fourth-order valence-corrected chi connectivity index (χ4v) is 3.26. The molecule has 0 heterocycles. The van der Waals surface area contributed by atoms with E-state index in [4.69, 9.17) is 0 Å². The molecule has 2 aliphatic carbocycles. The normalized spacial score (nSPS) is 16.3. The molecular formula is C15H9N3O8. The van der Waals surface area contributed by atoms with Crippen molar-refractivity contribution in [3.63, 3.8) is 0 Å². The Labute approximate surface area is 143 Å². The summed E-state index contributed by atoms with van der Waals surface area (Å²) in [4.78, 5) is 56.8. The SMILES string of the molecule is Cc1cc(N=O)c([N+](=O)[O-])c2c1C(O)=C1C(=O)CCC([N+](=O)[O-])=C1C2=O. The highest BCUT2D eigenvalue weighted by molar-refractivity contribution is 6.28. The Morgan fingerprint density at radius 2 is 1.73 bits per heavy atom. The molecule has 11 heteroatoms. The molecule has 0 saturated carbocycles. The van der Waals surface area contributed by atoms with Gasteiger partial charge in [0.15, 0.2) is 11.5 Å². The minimum atomic E-state index is -1.16. The van der Waals surface area contributed by atoms with E-state index >= 15 is 0 Å². The number of benzene rings is 1. The predicted molar refractivity (Wildman–Crippen MR) is 85.4 cm³/mol. The van der Waals surface area contributed by atoms with Crippen molar-refractivity contribution in [2.45, 2.75) is 19.8 Å². The molecule has 132 valence electrons. The highest BCUT2D eigenvalue weighted by Crippen LogP contribution is 2.46. The zero-order chi connectivity index (χ0) is 19.3. The topological polar surface area (TPSA) is 170 Å². The van der Waals surface area contributed by atoms with Gasteiger partial charge in [-0.05, 0) is 23.7 Å². The molecule has 0 aromatic heterocycles. The molecule has 0 radical (unpaired) electrons. The highest BCUT2D eigenvalue weighted by atomic mass is 16.6. The Balaban J connectivity index is 2.55. The van der Waals surface area contributed by atoms with Gasteiger partial charge in [0, 0.05) is 18.4 Å². The van der Waals surface area contributed by atoms with Gasteiger partial charge in [-0.3, -0.25) is 29.8 Å². The van der Waals surface area contributed by atoms with E-state index in [9.17, 15) is 39.8 Å². The Morgan fingerprint density at radius 3 is 2.27 bits per heavy atom. The maximum absolute atomic E-state index is 12.9. The summed E-state index contributed by atoms with van der Waals surface area (Å²) in [5, 5.41) is 35.7. The number of ketones is 2. The summed E-state index contributed by atoms with van der Waals surface area (Å²) < 4.78 is 0. The molecule has 0 aliphatic heterocycles.